The van der Waals surface area contributed by atoms with Gasteiger partial charge in [0.25, 0.3) is 0 Å². The molecule has 3 aromatic rings. The van der Waals surface area contributed by atoms with Crippen molar-refractivity contribution in [1.82, 2.24) is 10.1 Å². The second-order valence-corrected chi connectivity index (χ2v) is 12.2. The van der Waals surface area contributed by atoms with Crippen LogP contribution in [0.3, 0.4) is 0 Å². The molecule has 1 saturated heterocycles. The third-order valence-electron chi connectivity index (χ3n) is 5.58. The molecule has 34 heavy (non-hydrogen) atoms. The Morgan fingerprint density at radius 2 is 1.91 bits per heavy atom. The second-order valence-electron chi connectivity index (χ2n) is 9.65. The van der Waals surface area contributed by atoms with E-state index in [2.05, 4.69) is 74.1 Å². The Labute approximate surface area is 216 Å². The average molecular weight is 510 g/mol. The van der Waals surface area contributed by atoms with Crippen molar-refractivity contribution < 1.29 is 4.52 Å². The molecule has 7 heteroatoms. The normalized spacial score (nSPS) is 16.9. The largest absolute Gasteiger partial charge is 0.361 e. The van der Waals surface area contributed by atoms with Crippen molar-refractivity contribution in [3.05, 3.63) is 83.2 Å². The number of nitrogens with zero attached hydrogens (tertiary/aromatic N) is 3. The number of hydrogen-bond acceptors (Lipinski definition) is 6. The summed E-state index contributed by atoms with van der Waals surface area (Å²) in [5, 5.41) is 5.25. The van der Waals surface area contributed by atoms with Gasteiger partial charge in [0, 0.05) is 30.5 Å². The first-order valence-electron chi connectivity index (χ1n) is 11.5. The zero-order valence-electron chi connectivity index (χ0n) is 20.2. The number of thioether (sulfide) groups is 2. The molecule has 0 spiro atoms. The van der Waals surface area contributed by atoms with Gasteiger partial charge in [0.1, 0.15) is 10.1 Å². The number of rotatable bonds is 6. The van der Waals surface area contributed by atoms with E-state index in [0.29, 0.717) is 11.7 Å². The van der Waals surface area contributed by atoms with Crippen LogP contribution in [0.5, 0.6) is 0 Å². The zero-order chi connectivity index (χ0) is 24.1. The van der Waals surface area contributed by atoms with Gasteiger partial charge in [-0.25, -0.2) is 4.99 Å². The maximum Gasteiger partial charge on any atom is 0.169 e. The van der Waals surface area contributed by atoms with E-state index in [1.54, 1.807) is 23.5 Å². The lowest BCUT2D eigenvalue weighted by molar-refractivity contribution is 0.348. The van der Waals surface area contributed by atoms with Gasteiger partial charge in [-0.2, -0.15) is 0 Å². The van der Waals surface area contributed by atoms with Gasteiger partial charge < -0.3 is 9.42 Å². The molecule has 0 saturated carbocycles. The number of hydrogen-bond donors (Lipinski definition) is 0. The van der Waals surface area contributed by atoms with Gasteiger partial charge in [-0.05, 0) is 28.5 Å². The van der Waals surface area contributed by atoms with Crippen LogP contribution >= 0.6 is 35.7 Å². The molecular weight excluding hydrogens is 479 g/mol. The molecule has 1 fully saturated rings. The number of aliphatic imine (C=N–C) groups is 1. The predicted molar refractivity (Wildman–Crippen MR) is 150 cm³/mol. The van der Waals surface area contributed by atoms with Gasteiger partial charge in [0.05, 0.1) is 11.4 Å². The van der Waals surface area contributed by atoms with Crippen LogP contribution in [0.1, 0.15) is 56.2 Å². The third-order valence-corrected chi connectivity index (χ3v) is 8.55. The van der Waals surface area contributed by atoms with Crippen LogP contribution in [0.25, 0.3) is 0 Å². The highest BCUT2D eigenvalue weighted by atomic mass is 32.2. The minimum absolute atomic E-state index is 0.155. The molecule has 1 aliphatic rings. The Morgan fingerprint density at radius 1 is 1.18 bits per heavy atom. The fraction of sp³-hybridized carbons (Fsp3) is 0.370. The summed E-state index contributed by atoms with van der Waals surface area (Å²) in [6.45, 7) is 9.84. The van der Waals surface area contributed by atoms with Crippen molar-refractivity contribution >= 4 is 50.9 Å². The van der Waals surface area contributed by atoms with Gasteiger partial charge in [0.15, 0.2) is 5.17 Å². The van der Waals surface area contributed by atoms with Gasteiger partial charge in [-0.1, -0.05) is 117 Å². The minimum Gasteiger partial charge on any atom is -0.361 e. The van der Waals surface area contributed by atoms with E-state index in [4.69, 9.17) is 21.7 Å². The van der Waals surface area contributed by atoms with Crippen molar-refractivity contribution in [2.24, 2.45) is 10.4 Å². The fourth-order valence-corrected chi connectivity index (χ4v) is 6.06. The highest BCUT2D eigenvalue weighted by Crippen LogP contribution is 2.36. The molecular formula is C27H31N3OS3. The Kier molecular flexibility index (Phi) is 8.17. The molecule has 4 nitrogen and oxygen atoms in total. The first kappa shape index (κ1) is 25.0. The number of amidine groups is 1. The van der Waals surface area contributed by atoms with E-state index in [1.807, 2.05) is 24.3 Å². The summed E-state index contributed by atoms with van der Waals surface area (Å²) in [5.74, 6) is 2.98. The predicted octanol–water partition coefficient (Wildman–Crippen LogP) is 7.67. The third kappa shape index (κ3) is 6.52. The summed E-state index contributed by atoms with van der Waals surface area (Å²) in [6, 6.07) is 20.7. The summed E-state index contributed by atoms with van der Waals surface area (Å²) in [6.07, 6.45) is 0.742. The van der Waals surface area contributed by atoms with E-state index < -0.39 is 0 Å². The summed E-state index contributed by atoms with van der Waals surface area (Å²) < 4.78 is 6.39. The lowest BCUT2D eigenvalue weighted by atomic mass is 9.96. The van der Waals surface area contributed by atoms with E-state index >= 15 is 0 Å². The van der Waals surface area contributed by atoms with Crippen molar-refractivity contribution in [3.8, 4) is 0 Å². The smallest absolute Gasteiger partial charge is 0.169 e. The maximum absolute atomic E-state index is 5.90. The highest BCUT2D eigenvalue weighted by Gasteiger charge is 2.33. The summed E-state index contributed by atoms with van der Waals surface area (Å²) in [5.41, 5.74) is 4.56. The van der Waals surface area contributed by atoms with Crippen molar-refractivity contribution in [2.75, 3.05) is 12.3 Å². The summed E-state index contributed by atoms with van der Waals surface area (Å²) in [7, 11) is 0. The number of aromatic nitrogens is 1. The molecule has 1 aliphatic heterocycles. The Morgan fingerprint density at radius 3 is 2.68 bits per heavy atom. The lowest BCUT2D eigenvalue weighted by Crippen LogP contribution is -2.45. The van der Waals surface area contributed by atoms with Crippen molar-refractivity contribution in [1.29, 1.82) is 0 Å². The first-order valence-corrected chi connectivity index (χ1v) is 13.9. The van der Waals surface area contributed by atoms with Gasteiger partial charge >= 0.3 is 0 Å². The quantitative estimate of drug-likeness (QED) is 0.318. The summed E-state index contributed by atoms with van der Waals surface area (Å²) >= 11 is 9.31. The van der Waals surface area contributed by atoms with E-state index in [-0.39, 0.29) is 5.41 Å². The molecule has 0 radical (unpaired) electrons. The van der Waals surface area contributed by atoms with Crippen LogP contribution in [0.2, 0.25) is 0 Å². The van der Waals surface area contributed by atoms with E-state index in [9.17, 15) is 0 Å². The van der Waals surface area contributed by atoms with Crippen molar-refractivity contribution in [2.45, 2.75) is 45.8 Å². The fourth-order valence-electron chi connectivity index (χ4n) is 3.81. The Hall–Kier alpha value is -2.09. The number of benzene rings is 2. The molecule has 0 N–H and O–H groups in total. The van der Waals surface area contributed by atoms with E-state index in [0.717, 1.165) is 45.3 Å². The Balaban J connectivity index is 1.46. The standard InChI is InChI=1S/C27H31N3OS3/c1-19(2)23-12-8-9-13-24(23)28-25-30(17-27(3,4)18-34-25)26(32)33-16-21-15-22(31-29-21)14-20-10-6-5-7-11-20/h5-13,15,19H,14,16-18H2,1-4H3. The molecule has 0 aliphatic carbocycles. The van der Waals surface area contributed by atoms with Crippen LogP contribution in [0.4, 0.5) is 5.69 Å². The van der Waals surface area contributed by atoms with Gasteiger partial charge in [-0.15, -0.1) is 0 Å². The SMILES string of the molecule is CC(C)c1ccccc1N=C1SCC(C)(C)CN1C(=S)SCc1cc(Cc2ccccc2)on1. The van der Waals surface area contributed by atoms with Crippen LogP contribution in [0, 0.1) is 5.41 Å². The molecule has 2 heterocycles. The molecule has 0 unspecified atom stereocenters. The molecule has 178 valence electrons. The average Bonchev–Trinajstić information content (AvgIpc) is 3.26. The first-order chi connectivity index (χ1) is 16.3. The van der Waals surface area contributed by atoms with Crippen molar-refractivity contribution in [3.63, 3.8) is 0 Å². The molecule has 4 rings (SSSR count). The minimum atomic E-state index is 0.155. The van der Waals surface area contributed by atoms with Crippen LogP contribution < -0.4 is 0 Å². The highest BCUT2D eigenvalue weighted by molar-refractivity contribution is 8.22. The van der Waals surface area contributed by atoms with Crippen LogP contribution in [-0.4, -0.2) is 31.8 Å². The second kappa shape index (κ2) is 11.1. The molecule has 2 aromatic carbocycles. The topological polar surface area (TPSA) is 41.6 Å². The van der Waals surface area contributed by atoms with Crippen LogP contribution in [-0.2, 0) is 12.2 Å². The molecule has 0 bridgehead atoms. The Bertz CT molecular complexity index is 1150. The monoisotopic (exact) mass is 509 g/mol. The van der Waals surface area contributed by atoms with Crippen LogP contribution in [0.15, 0.2) is 70.2 Å². The zero-order valence-corrected chi connectivity index (χ0v) is 22.6. The summed E-state index contributed by atoms with van der Waals surface area (Å²) in [4.78, 5) is 7.29. The van der Waals surface area contributed by atoms with Gasteiger partial charge in [0.2, 0.25) is 0 Å². The number of thiocarbonyl (C=S) groups is 1. The number of para-hydroxylation sites is 1. The molecule has 0 atom stereocenters. The maximum atomic E-state index is 5.90. The van der Waals surface area contributed by atoms with E-state index in [1.165, 1.54) is 11.1 Å². The van der Waals surface area contributed by atoms with Gasteiger partial charge in [-0.3, -0.25) is 0 Å². The molecule has 1 aromatic heterocycles. The lowest BCUT2D eigenvalue weighted by Gasteiger charge is -2.39. The molecule has 0 amide bonds.